The summed E-state index contributed by atoms with van der Waals surface area (Å²) < 4.78 is 15.8. The van der Waals surface area contributed by atoms with Gasteiger partial charge in [-0.2, -0.15) is 0 Å². The van der Waals surface area contributed by atoms with Gasteiger partial charge in [-0.05, 0) is 36.8 Å². The lowest BCUT2D eigenvalue weighted by Gasteiger charge is -2.26. The first-order valence-corrected chi connectivity index (χ1v) is 9.60. The van der Waals surface area contributed by atoms with Crippen molar-refractivity contribution in [2.24, 2.45) is 0 Å². The van der Waals surface area contributed by atoms with Crippen molar-refractivity contribution in [2.45, 2.75) is 19.6 Å². The minimum absolute atomic E-state index is 0.407. The van der Waals surface area contributed by atoms with Crippen LogP contribution in [0.25, 0.3) is 0 Å². The van der Waals surface area contributed by atoms with Crippen LogP contribution in [0.5, 0.6) is 5.75 Å². The molecule has 2 aromatic rings. The molecule has 0 saturated carbocycles. The quantitative estimate of drug-likeness (QED) is 0.723. The van der Waals surface area contributed by atoms with E-state index >= 15 is 0 Å². The highest BCUT2D eigenvalue weighted by atomic mass is 16.5. The number of amides is 1. The minimum atomic E-state index is -0.929. The van der Waals surface area contributed by atoms with Crippen molar-refractivity contribution in [1.82, 2.24) is 4.90 Å². The number of benzene rings is 2. The summed E-state index contributed by atoms with van der Waals surface area (Å²) in [5, 5.41) is 2.72. The molecular formula is C22H26N2O5. The molecule has 0 bridgehead atoms. The number of hydrogen-bond acceptors (Lipinski definition) is 6. The second kappa shape index (κ2) is 10.0. The van der Waals surface area contributed by atoms with E-state index in [1.165, 1.54) is 0 Å². The fourth-order valence-electron chi connectivity index (χ4n) is 2.99. The van der Waals surface area contributed by atoms with Gasteiger partial charge >= 0.3 is 5.97 Å². The molecule has 0 radical (unpaired) electrons. The van der Waals surface area contributed by atoms with E-state index in [0.29, 0.717) is 17.0 Å². The Bertz CT molecular complexity index is 831. The summed E-state index contributed by atoms with van der Waals surface area (Å²) in [5.74, 6) is -0.309. The van der Waals surface area contributed by atoms with Gasteiger partial charge in [-0.25, -0.2) is 4.79 Å². The highest BCUT2D eigenvalue weighted by molar-refractivity contribution is 5.97. The summed E-state index contributed by atoms with van der Waals surface area (Å²) in [4.78, 5) is 27.0. The first kappa shape index (κ1) is 20.8. The third-order valence-electron chi connectivity index (χ3n) is 4.69. The number of rotatable bonds is 7. The highest BCUT2D eigenvalue weighted by Gasteiger charge is 2.19. The number of methoxy groups -OCH3 is 1. The smallest absolute Gasteiger partial charge is 0.338 e. The number of nitrogens with zero attached hydrogens (tertiary/aromatic N) is 1. The predicted octanol–water partition coefficient (Wildman–Crippen LogP) is 2.71. The maximum atomic E-state index is 12.4. The highest BCUT2D eigenvalue weighted by Crippen LogP contribution is 2.17. The number of hydrogen-bond donors (Lipinski definition) is 1. The Morgan fingerprint density at radius 2 is 1.86 bits per heavy atom. The summed E-state index contributed by atoms with van der Waals surface area (Å²) in [6.45, 7) is 5.67. The van der Waals surface area contributed by atoms with Crippen LogP contribution in [0.2, 0.25) is 0 Å². The number of ether oxygens (including phenoxy) is 3. The fraction of sp³-hybridized carbons (Fsp3) is 0.364. The Labute approximate surface area is 170 Å². The van der Waals surface area contributed by atoms with Crippen molar-refractivity contribution < 1.29 is 23.8 Å². The molecule has 0 unspecified atom stereocenters. The molecule has 29 heavy (non-hydrogen) atoms. The fourth-order valence-corrected chi connectivity index (χ4v) is 2.99. The second-order valence-corrected chi connectivity index (χ2v) is 6.85. The number of nitrogens with one attached hydrogen (secondary N) is 1. The van der Waals surface area contributed by atoms with Crippen molar-refractivity contribution >= 4 is 17.6 Å². The molecule has 154 valence electrons. The van der Waals surface area contributed by atoms with Gasteiger partial charge in [-0.1, -0.05) is 18.2 Å². The standard InChI is InChI=1S/C22H26N2O5/c1-16(21(25)23-19-4-3-5-20(14-19)27-2)29-22(26)18-8-6-17(7-9-18)15-24-10-12-28-13-11-24/h3-9,14,16H,10-13,15H2,1-2H3,(H,23,25)/t16-/m0/s1. The molecule has 2 aromatic carbocycles. The van der Waals surface area contributed by atoms with Crippen LogP contribution in [-0.4, -0.2) is 56.3 Å². The van der Waals surface area contributed by atoms with E-state index in [1.54, 1.807) is 50.4 Å². The van der Waals surface area contributed by atoms with Crippen molar-refractivity contribution in [3.63, 3.8) is 0 Å². The first-order valence-electron chi connectivity index (χ1n) is 9.60. The molecule has 1 heterocycles. The van der Waals surface area contributed by atoms with Crippen LogP contribution in [0.1, 0.15) is 22.8 Å². The maximum Gasteiger partial charge on any atom is 0.338 e. The molecule has 1 N–H and O–H groups in total. The Hall–Kier alpha value is -2.90. The first-order chi connectivity index (χ1) is 14.0. The van der Waals surface area contributed by atoms with Crippen LogP contribution in [0, 0.1) is 0 Å². The summed E-state index contributed by atoms with van der Waals surface area (Å²) >= 11 is 0. The molecule has 0 spiro atoms. The van der Waals surface area contributed by atoms with E-state index in [9.17, 15) is 9.59 Å². The number of anilines is 1. The third-order valence-corrected chi connectivity index (χ3v) is 4.69. The van der Waals surface area contributed by atoms with Crippen LogP contribution in [0.4, 0.5) is 5.69 Å². The van der Waals surface area contributed by atoms with Crippen molar-refractivity contribution in [2.75, 3.05) is 38.7 Å². The van der Waals surface area contributed by atoms with Gasteiger partial charge in [0.1, 0.15) is 5.75 Å². The number of carbonyl (C=O) groups excluding carboxylic acids is 2. The van der Waals surface area contributed by atoms with Gasteiger partial charge in [0.15, 0.2) is 6.10 Å². The van der Waals surface area contributed by atoms with Crippen LogP contribution in [0.15, 0.2) is 48.5 Å². The van der Waals surface area contributed by atoms with Gasteiger partial charge in [0, 0.05) is 31.4 Å². The average molecular weight is 398 g/mol. The second-order valence-electron chi connectivity index (χ2n) is 6.85. The Balaban J connectivity index is 1.52. The predicted molar refractivity (Wildman–Crippen MR) is 109 cm³/mol. The van der Waals surface area contributed by atoms with Crippen LogP contribution in [0.3, 0.4) is 0 Å². The zero-order valence-corrected chi connectivity index (χ0v) is 16.7. The molecule has 0 aliphatic carbocycles. The van der Waals surface area contributed by atoms with Crippen molar-refractivity contribution in [1.29, 1.82) is 0 Å². The molecule has 1 amide bonds. The lowest BCUT2D eigenvalue weighted by Crippen LogP contribution is -2.35. The molecule has 1 fully saturated rings. The zero-order valence-electron chi connectivity index (χ0n) is 16.7. The maximum absolute atomic E-state index is 12.4. The van der Waals surface area contributed by atoms with Gasteiger partial charge in [-0.15, -0.1) is 0 Å². The van der Waals surface area contributed by atoms with E-state index in [4.69, 9.17) is 14.2 Å². The van der Waals surface area contributed by atoms with Crippen LogP contribution < -0.4 is 10.1 Å². The van der Waals surface area contributed by atoms with E-state index in [0.717, 1.165) is 38.4 Å². The summed E-state index contributed by atoms with van der Waals surface area (Å²) in [7, 11) is 1.55. The number of esters is 1. The molecule has 1 saturated heterocycles. The lowest BCUT2D eigenvalue weighted by molar-refractivity contribution is -0.123. The van der Waals surface area contributed by atoms with E-state index < -0.39 is 18.0 Å². The van der Waals surface area contributed by atoms with Gasteiger partial charge in [-0.3, -0.25) is 9.69 Å². The van der Waals surface area contributed by atoms with Gasteiger partial charge < -0.3 is 19.5 Å². The Kier molecular flexibility index (Phi) is 7.21. The molecule has 0 aromatic heterocycles. The summed E-state index contributed by atoms with van der Waals surface area (Å²) in [6.07, 6.45) is -0.929. The van der Waals surface area contributed by atoms with Crippen LogP contribution >= 0.6 is 0 Å². The molecule has 1 aliphatic heterocycles. The molecular weight excluding hydrogens is 372 g/mol. The largest absolute Gasteiger partial charge is 0.497 e. The summed E-state index contributed by atoms with van der Waals surface area (Å²) in [6, 6.07) is 14.3. The monoisotopic (exact) mass is 398 g/mol. The van der Waals surface area contributed by atoms with E-state index in [2.05, 4.69) is 10.2 Å². The van der Waals surface area contributed by atoms with E-state index in [-0.39, 0.29) is 0 Å². The number of morpholine rings is 1. The molecule has 7 nitrogen and oxygen atoms in total. The molecule has 1 atom stereocenters. The van der Waals surface area contributed by atoms with Crippen molar-refractivity contribution in [3.8, 4) is 5.75 Å². The topological polar surface area (TPSA) is 77.1 Å². The Morgan fingerprint density at radius 1 is 1.14 bits per heavy atom. The van der Waals surface area contributed by atoms with Crippen LogP contribution in [-0.2, 0) is 20.8 Å². The minimum Gasteiger partial charge on any atom is -0.497 e. The zero-order chi connectivity index (χ0) is 20.6. The third kappa shape index (κ3) is 6.04. The SMILES string of the molecule is COc1cccc(NC(=O)[C@H](C)OC(=O)c2ccc(CN3CCOCC3)cc2)c1. The van der Waals surface area contributed by atoms with E-state index in [1.807, 2.05) is 12.1 Å². The average Bonchev–Trinajstić information content (AvgIpc) is 2.75. The van der Waals surface area contributed by atoms with Crippen molar-refractivity contribution in [3.05, 3.63) is 59.7 Å². The molecule has 1 aliphatic rings. The molecule has 3 rings (SSSR count). The Morgan fingerprint density at radius 3 is 2.55 bits per heavy atom. The van der Waals surface area contributed by atoms with Gasteiger partial charge in [0.25, 0.3) is 5.91 Å². The summed E-state index contributed by atoms with van der Waals surface area (Å²) in [5.41, 5.74) is 2.11. The number of carbonyl (C=O) groups is 2. The van der Waals surface area contributed by atoms with Gasteiger partial charge in [0.05, 0.1) is 25.9 Å². The normalized spacial score (nSPS) is 15.4. The molecule has 7 heteroatoms. The lowest BCUT2D eigenvalue weighted by atomic mass is 10.1. The van der Waals surface area contributed by atoms with Gasteiger partial charge in [0.2, 0.25) is 0 Å².